The van der Waals surface area contributed by atoms with Gasteiger partial charge in [-0.1, -0.05) is 18.2 Å². The van der Waals surface area contributed by atoms with E-state index < -0.39 is 8.96 Å². The largest absolute Gasteiger partial charge is 0.328 e. The minimum atomic E-state index is -1.02. The van der Waals surface area contributed by atoms with Gasteiger partial charge in [0.25, 0.3) is 8.96 Å². The highest BCUT2D eigenvalue weighted by molar-refractivity contribution is 6.49. The van der Waals surface area contributed by atoms with Crippen molar-refractivity contribution >= 4 is 14.9 Å². The van der Waals surface area contributed by atoms with Crippen LogP contribution in [0.2, 0.25) is 13.1 Å². The molecular weight excluding hydrogens is 190 g/mol. The second-order valence-corrected chi connectivity index (χ2v) is 7.78. The van der Waals surface area contributed by atoms with E-state index in [1.54, 1.807) is 0 Å². The third kappa shape index (κ3) is 2.11. The molecule has 0 fully saturated rings. The number of quaternary nitrogens is 1. The Morgan fingerprint density at radius 3 is 2.07 bits per heavy atom. The molecule has 0 radical (unpaired) electrons. The summed E-state index contributed by atoms with van der Waals surface area (Å²) in [6.07, 6.45) is 0. The first-order chi connectivity index (χ1) is 6.46. The minimum absolute atomic E-state index is 0.229. The molecule has 76 valence electrons. The number of hydrogen-bond donors (Lipinski definition) is 0. The maximum atomic E-state index is 12.1. The van der Waals surface area contributed by atoms with Crippen LogP contribution in [0.3, 0.4) is 0 Å². The van der Waals surface area contributed by atoms with Gasteiger partial charge in [0.15, 0.2) is 0 Å². The van der Waals surface area contributed by atoms with Gasteiger partial charge in [-0.3, -0.25) is 0 Å². The van der Waals surface area contributed by atoms with Gasteiger partial charge in [0.1, 0.15) is 0 Å². The highest BCUT2D eigenvalue weighted by atomic mass is 28.3. The van der Waals surface area contributed by atoms with Gasteiger partial charge in [0.05, 0.1) is 19.7 Å². The lowest BCUT2D eigenvalue weighted by Gasteiger charge is -2.31. The van der Waals surface area contributed by atoms with Crippen molar-refractivity contribution in [1.82, 2.24) is 0 Å². The maximum Gasteiger partial charge on any atom is 0.328 e. The maximum absolute atomic E-state index is 12.1. The van der Waals surface area contributed by atoms with E-state index >= 15 is 0 Å². The fraction of sp³-hybridized carbons (Fsp3) is 0.364. The number of amides is 1. The number of carbonyl (C=O) groups is 1. The predicted octanol–water partition coefficient (Wildman–Crippen LogP) is 1.89. The molecule has 0 aliphatic rings. The molecule has 14 heavy (non-hydrogen) atoms. The van der Waals surface area contributed by atoms with E-state index in [9.17, 15) is 4.79 Å². The van der Waals surface area contributed by atoms with E-state index in [1.807, 2.05) is 44.4 Å². The smallest absolute Gasteiger partial charge is 0.323 e. The molecule has 0 aliphatic carbocycles. The monoisotopic (exact) mass is 208 g/mol. The number of nitrogens with zero attached hydrogens (tertiary/aromatic N) is 1. The van der Waals surface area contributed by atoms with Crippen LogP contribution in [0.4, 0.5) is 0 Å². The Kier molecular flexibility index (Phi) is 3.24. The Hall–Kier alpha value is -0.933. The lowest BCUT2D eigenvalue weighted by Crippen LogP contribution is -2.53. The predicted molar refractivity (Wildman–Crippen MR) is 61.8 cm³/mol. The van der Waals surface area contributed by atoms with E-state index in [1.165, 1.54) is 0 Å². The molecule has 0 saturated heterocycles. The Bertz CT molecular complexity index is 319. The fourth-order valence-corrected chi connectivity index (χ4v) is 1.77. The van der Waals surface area contributed by atoms with Crippen molar-refractivity contribution in [2.24, 2.45) is 0 Å². The molecule has 0 unspecified atom stereocenters. The lowest BCUT2D eigenvalue weighted by molar-refractivity contribution is -0.694. The van der Waals surface area contributed by atoms with Crippen molar-refractivity contribution in [1.29, 1.82) is 0 Å². The number of hydrogen-bond acceptors (Lipinski definition) is 1. The highest BCUT2D eigenvalue weighted by Gasteiger charge is 2.31. The summed E-state index contributed by atoms with van der Waals surface area (Å²) in [5.74, 6) is 0.229. The average molecular weight is 208 g/mol. The summed E-state index contributed by atoms with van der Waals surface area (Å²) < 4.78 is 0.532. The van der Waals surface area contributed by atoms with Gasteiger partial charge in [-0.05, 0) is 25.2 Å². The van der Waals surface area contributed by atoms with E-state index in [2.05, 4.69) is 13.1 Å². The van der Waals surface area contributed by atoms with Crippen molar-refractivity contribution < 1.29 is 8.94 Å². The molecule has 1 aromatic carbocycles. The third-order valence-corrected chi connectivity index (χ3v) is 5.65. The molecule has 0 aromatic heterocycles. The van der Waals surface area contributed by atoms with Crippen LogP contribution < -0.4 is 0 Å². The van der Waals surface area contributed by atoms with Crippen LogP contribution >= 0.6 is 0 Å². The summed E-state index contributed by atoms with van der Waals surface area (Å²) in [6.45, 7) is 4.39. The zero-order valence-electron chi connectivity index (χ0n) is 9.32. The van der Waals surface area contributed by atoms with Crippen LogP contribution in [-0.2, 0) is 0 Å². The van der Waals surface area contributed by atoms with Crippen LogP contribution in [-0.4, -0.2) is 33.1 Å². The molecule has 0 atom stereocenters. The Balaban J connectivity index is 2.97. The summed E-state index contributed by atoms with van der Waals surface area (Å²) in [5.41, 5.74) is 0.818. The van der Waals surface area contributed by atoms with Crippen LogP contribution in [0.1, 0.15) is 10.4 Å². The van der Waals surface area contributed by atoms with Crippen LogP contribution in [0, 0.1) is 0 Å². The molecule has 0 bridgehead atoms. The zero-order chi connectivity index (χ0) is 10.8. The van der Waals surface area contributed by atoms with E-state index in [-0.39, 0.29) is 5.91 Å². The first-order valence-corrected chi connectivity index (χ1v) is 7.72. The Morgan fingerprint density at radius 2 is 1.64 bits per heavy atom. The summed E-state index contributed by atoms with van der Waals surface area (Å²) in [7, 11) is 2.99. The van der Waals surface area contributed by atoms with E-state index in [4.69, 9.17) is 0 Å². The molecule has 0 heterocycles. The summed E-state index contributed by atoms with van der Waals surface area (Å²) in [5, 5.41) is 0. The average Bonchev–Trinajstić information content (AvgIpc) is 2.17. The van der Waals surface area contributed by atoms with Gasteiger partial charge in [0.2, 0.25) is 0 Å². The topological polar surface area (TPSA) is 17.1 Å². The summed E-state index contributed by atoms with van der Waals surface area (Å²) in [4.78, 5) is 12.1. The Morgan fingerprint density at radius 1 is 1.14 bits per heavy atom. The van der Waals surface area contributed by atoms with E-state index in [0.29, 0.717) is 4.15 Å². The first-order valence-electron chi connectivity index (χ1n) is 4.90. The number of carbonyl (C=O) groups excluding carboxylic acids is 1. The van der Waals surface area contributed by atoms with Crippen LogP contribution in [0.25, 0.3) is 0 Å². The molecule has 1 aromatic rings. The Labute approximate surface area is 87.4 Å². The minimum Gasteiger partial charge on any atom is -0.323 e. The second-order valence-electron chi connectivity index (χ2n) is 4.30. The van der Waals surface area contributed by atoms with E-state index in [0.717, 1.165) is 5.56 Å². The van der Waals surface area contributed by atoms with Crippen molar-refractivity contribution in [3.05, 3.63) is 35.9 Å². The van der Waals surface area contributed by atoms with Crippen molar-refractivity contribution in [3.8, 4) is 0 Å². The number of rotatable bonds is 2. The normalized spacial score (nSPS) is 11.8. The molecular formula is C11H18NOSi+. The van der Waals surface area contributed by atoms with Crippen LogP contribution in [0.5, 0.6) is 0 Å². The molecule has 0 saturated carbocycles. The molecule has 0 spiro atoms. The highest BCUT2D eigenvalue weighted by Crippen LogP contribution is 2.11. The summed E-state index contributed by atoms with van der Waals surface area (Å²) in [6, 6.07) is 9.53. The van der Waals surface area contributed by atoms with Gasteiger partial charge in [0, 0.05) is 0 Å². The zero-order valence-corrected chi connectivity index (χ0v) is 10.5. The van der Waals surface area contributed by atoms with Gasteiger partial charge >= 0.3 is 5.91 Å². The number of benzene rings is 1. The molecule has 0 N–H and O–H groups in total. The third-order valence-electron chi connectivity index (χ3n) is 2.84. The van der Waals surface area contributed by atoms with Crippen molar-refractivity contribution in [2.45, 2.75) is 13.1 Å². The molecule has 1 amide bonds. The van der Waals surface area contributed by atoms with Gasteiger partial charge in [-0.25, -0.2) is 4.79 Å². The second kappa shape index (κ2) is 4.07. The van der Waals surface area contributed by atoms with Crippen LogP contribution in [0.15, 0.2) is 30.3 Å². The lowest BCUT2D eigenvalue weighted by atomic mass is 10.2. The van der Waals surface area contributed by atoms with Gasteiger partial charge in [-0.15, -0.1) is 0 Å². The van der Waals surface area contributed by atoms with Crippen molar-refractivity contribution in [2.75, 3.05) is 14.1 Å². The fourth-order valence-electron chi connectivity index (χ4n) is 1.15. The molecule has 3 heteroatoms. The van der Waals surface area contributed by atoms with Gasteiger partial charge < -0.3 is 4.15 Å². The van der Waals surface area contributed by atoms with Gasteiger partial charge in [-0.2, -0.15) is 0 Å². The molecule has 0 aliphatic heterocycles. The quantitative estimate of drug-likeness (QED) is 0.678. The SMILES string of the molecule is C[SiH](C)[N+](C)(C)C(=O)c1ccccc1. The standard InChI is InChI=1S/C11H18NOSi/c1-12(2,14(3)4)11(13)10-8-6-5-7-9-10/h5-9,14H,1-4H3/q+1. The molecule has 1 rings (SSSR count). The van der Waals surface area contributed by atoms with Crippen molar-refractivity contribution in [3.63, 3.8) is 0 Å². The molecule has 2 nitrogen and oxygen atoms in total. The summed E-state index contributed by atoms with van der Waals surface area (Å²) >= 11 is 0. The first kappa shape index (κ1) is 11.1.